The summed E-state index contributed by atoms with van der Waals surface area (Å²) >= 11 is 0. The van der Waals surface area contributed by atoms with E-state index in [1.807, 2.05) is 45.2 Å². The molecule has 0 aliphatic carbocycles. The zero-order valence-electron chi connectivity index (χ0n) is 9.78. The average molecular weight is 286 g/mol. The van der Waals surface area contributed by atoms with E-state index in [1.165, 1.54) is 0 Å². The van der Waals surface area contributed by atoms with Gasteiger partial charge in [-0.3, -0.25) is 4.98 Å². The Morgan fingerprint density at radius 3 is 2.19 bits per heavy atom. The molecule has 0 saturated carbocycles. The zero-order chi connectivity index (χ0) is 10.8. The van der Waals surface area contributed by atoms with Crippen molar-refractivity contribution < 1.29 is 32.7 Å². The maximum absolute atomic E-state index is 4.37. The second-order valence-corrected chi connectivity index (χ2v) is 3.75. The Labute approximate surface area is 121 Å². The van der Waals surface area contributed by atoms with Gasteiger partial charge in [0, 0.05) is 44.1 Å². The second-order valence-electron chi connectivity index (χ2n) is 3.75. The third-order valence-electron chi connectivity index (χ3n) is 2.21. The minimum absolute atomic E-state index is 0. The summed E-state index contributed by atoms with van der Waals surface area (Å²) < 4.78 is 0. The molecule has 0 aliphatic rings. The van der Waals surface area contributed by atoms with Gasteiger partial charge >= 0.3 is 0 Å². The third-order valence-corrected chi connectivity index (χ3v) is 2.21. The fraction of sp³-hybridized carbons (Fsp3) is 0.231. The van der Waals surface area contributed by atoms with Gasteiger partial charge in [0.25, 0.3) is 0 Å². The molecule has 0 unspecified atom stereocenters. The van der Waals surface area contributed by atoms with Crippen LogP contribution < -0.4 is 0 Å². The SMILES string of the molecule is Cc1[c-]cc(-c2cc(C)nc(C)c2)nc1.[Y]. The van der Waals surface area contributed by atoms with Crippen LogP contribution in [0.3, 0.4) is 0 Å². The molecular weight excluding hydrogens is 273 g/mol. The third kappa shape index (κ3) is 3.20. The molecule has 2 heterocycles. The number of hydrogen-bond acceptors (Lipinski definition) is 2. The fourth-order valence-corrected chi connectivity index (χ4v) is 1.56. The largest absolute Gasteiger partial charge is 0.383 e. The van der Waals surface area contributed by atoms with Gasteiger partial charge in [-0.15, -0.1) is 5.56 Å². The first-order chi connectivity index (χ1) is 7.15. The molecule has 16 heavy (non-hydrogen) atoms. The molecule has 0 fully saturated rings. The first-order valence-electron chi connectivity index (χ1n) is 4.95. The van der Waals surface area contributed by atoms with Gasteiger partial charge in [-0.1, -0.05) is 18.7 Å². The van der Waals surface area contributed by atoms with Gasteiger partial charge in [0.1, 0.15) is 0 Å². The summed E-state index contributed by atoms with van der Waals surface area (Å²) in [6, 6.07) is 9.15. The van der Waals surface area contributed by atoms with Gasteiger partial charge in [-0.05, 0) is 31.7 Å². The molecule has 0 N–H and O–H groups in total. The van der Waals surface area contributed by atoms with Crippen LogP contribution in [0.1, 0.15) is 17.0 Å². The summed E-state index contributed by atoms with van der Waals surface area (Å²) in [4.78, 5) is 8.71. The topological polar surface area (TPSA) is 25.8 Å². The molecule has 0 amide bonds. The van der Waals surface area contributed by atoms with E-state index in [1.54, 1.807) is 0 Å². The Morgan fingerprint density at radius 2 is 1.69 bits per heavy atom. The van der Waals surface area contributed by atoms with Crippen molar-refractivity contribution in [3.63, 3.8) is 0 Å². The van der Waals surface area contributed by atoms with Crippen molar-refractivity contribution >= 4 is 0 Å². The van der Waals surface area contributed by atoms with E-state index in [9.17, 15) is 0 Å². The molecule has 79 valence electrons. The molecule has 3 heteroatoms. The van der Waals surface area contributed by atoms with Crippen LogP contribution in [0.5, 0.6) is 0 Å². The Balaban J connectivity index is 0.00000128. The van der Waals surface area contributed by atoms with E-state index in [0.717, 1.165) is 28.2 Å². The van der Waals surface area contributed by atoms with Crippen LogP contribution in [0.25, 0.3) is 11.3 Å². The van der Waals surface area contributed by atoms with Crippen LogP contribution in [-0.4, -0.2) is 9.97 Å². The van der Waals surface area contributed by atoms with Crippen molar-refractivity contribution in [1.82, 2.24) is 9.97 Å². The van der Waals surface area contributed by atoms with Crippen molar-refractivity contribution in [3.05, 3.63) is 47.4 Å². The Kier molecular flexibility index (Phi) is 4.76. The molecule has 0 bridgehead atoms. The maximum atomic E-state index is 4.37. The second kappa shape index (κ2) is 5.65. The monoisotopic (exact) mass is 286 g/mol. The molecule has 0 atom stereocenters. The zero-order valence-corrected chi connectivity index (χ0v) is 12.6. The summed E-state index contributed by atoms with van der Waals surface area (Å²) in [6.45, 7) is 5.97. The fourth-order valence-electron chi connectivity index (χ4n) is 1.56. The molecule has 2 aromatic heterocycles. The number of aryl methyl sites for hydroxylation is 3. The summed E-state index contributed by atoms with van der Waals surface area (Å²) in [6.07, 6.45) is 1.83. The van der Waals surface area contributed by atoms with Gasteiger partial charge in [-0.2, -0.15) is 12.1 Å². The summed E-state index contributed by atoms with van der Waals surface area (Å²) in [5, 5.41) is 0. The van der Waals surface area contributed by atoms with E-state index in [-0.39, 0.29) is 32.7 Å². The molecule has 0 spiro atoms. The predicted molar refractivity (Wildman–Crippen MR) is 60.5 cm³/mol. The first-order valence-corrected chi connectivity index (χ1v) is 4.95. The molecule has 2 aromatic rings. The molecule has 0 aromatic carbocycles. The van der Waals surface area contributed by atoms with Crippen molar-refractivity contribution in [3.8, 4) is 11.3 Å². The summed E-state index contributed by atoms with van der Waals surface area (Å²) in [5.41, 5.74) is 5.16. The van der Waals surface area contributed by atoms with Crippen LogP contribution in [0, 0.1) is 26.8 Å². The molecule has 1 radical (unpaired) electrons. The molecular formula is C13H13N2Y-. The minimum atomic E-state index is 0. The number of nitrogens with zero attached hydrogens (tertiary/aromatic N) is 2. The summed E-state index contributed by atoms with van der Waals surface area (Å²) in [5.74, 6) is 0. The maximum Gasteiger partial charge on any atom is 0.0372 e. The number of pyridine rings is 2. The standard InChI is InChI=1S/C13H13N2.Y/c1-9-4-5-13(14-8-9)12-6-10(2)15-11(3)7-12;/h5-8H,1-3H3;/q-1;. The summed E-state index contributed by atoms with van der Waals surface area (Å²) in [7, 11) is 0. The van der Waals surface area contributed by atoms with E-state index in [4.69, 9.17) is 0 Å². The Bertz CT molecular complexity index is 458. The molecule has 2 rings (SSSR count). The van der Waals surface area contributed by atoms with Crippen LogP contribution in [0.4, 0.5) is 0 Å². The van der Waals surface area contributed by atoms with Gasteiger partial charge in [-0.25, -0.2) is 0 Å². The van der Waals surface area contributed by atoms with Crippen molar-refractivity contribution in [2.75, 3.05) is 0 Å². The van der Waals surface area contributed by atoms with Crippen LogP contribution in [-0.2, 0) is 32.7 Å². The van der Waals surface area contributed by atoms with E-state index < -0.39 is 0 Å². The van der Waals surface area contributed by atoms with Crippen molar-refractivity contribution in [2.45, 2.75) is 20.8 Å². The normalized spacial score (nSPS) is 9.69. The molecule has 2 nitrogen and oxygen atoms in total. The van der Waals surface area contributed by atoms with Gasteiger partial charge in [0.15, 0.2) is 0 Å². The van der Waals surface area contributed by atoms with Gasteiger partial charge < -0.3 is 4.98 Å². The Morgan fingerprint density at radius 1 is 1.06 bits per heavy atom. The van der Waals surface area contributed by atoms with Crippen molar-refractivity contribution in [2.24, 2.45) is 0 Å². The number of aromatic nitrogens is 2. The Hall–Kier alpha value is -0.596. The quantitative estimate of drug-likeness (QED) is 0.753. The van der Waals surface area contributed by atoms with E-state index in [2.05, 4.69) is 16.0 Å². The minimum Gasteiger partial charge on any atom is -0.383 e. The van der Waals surface area contributed by atoms with Gasteiger partial charge in [0.2, 0.25) is 0 Å². The first kappa shape index (κ1) is 13.5. The molecule has 0 saturated heterocycles. The predicted octanol–water partition coefficient (Wildman–Crippen LogP) is 2.87. The van der Waals surface area contributed by atoms with Crippen LogP contribution in [0.2, 0.25) is 0 Å². The van der Waals surface area contributed by atoms with Crippen LogP contribution in [0.15, 0.2) is 24.4 Å². The smallest absolute Gasteiger partial charge is 0.0372 e. The molecule has 0 aliphatic heterocycles. The van der Waals surface area contributed by atoms with Gasteiger partial charge in [0.05, 0.1) is 0 Å². The van der Waals surface area contributed by atoms with Crippen LogP contribution >= 0.6 is 0 Å². The average Bonchev–Trinajstić information content (AvgIpc) is 2.17. The number of rotatable bonds is 1. The van der Waals surface area contributed by atoms with E-state index >= 15 is 0 Å². The van der Waals surface area contributed by atoms with E-state index in [0.29, 0.717) is 0 Å². The van der Waals surface area contributed by atoms with Crippen molar-refractivity contribution in [1.29, 1.82) is 0 Å². The number of hydrogen-bond donors (Lipinski definition) is 0.